The van der Waals surface area contributed by atoms with Gasteiger partial charge in [0.2, 0.25) is 5.78 Å². The fraction of sp³-hybridized carbons (Fsp3) is 0.318. The maximum absolute atomic E-state index is 13.3. The van der Waals surface area contributed by atoms with Gasteiger partial charge in [0.15, 0.2) is 0 Å². The number of amides is 1. The first-order valence-electron chi connectivity index (χ1n) is 9.71. The van der Waals surface area contributed by atoms with Crippen molar-refractivity contribution in [1.82, 2.24) is 9.88 Å². The molecule has 2 aromatic rings. The number of carbonyl (C=O) groups is 3. The average Bonchev–Trinajstić information content (AvgIpc) is 3.19. The summed E-state index contributed by atoms with van der Waals surface area (Å²) >= 11 is 0. The number of ketones is 1. The highest BCUT2D eigenvalue weighted by Gasteiger charge is 2.48. The van der Waals surface area contributed by atoms with E-state index in [1.807, 2.05) is 47.2 Å². The van der Waals surface area contributed by atoms with Crippen molar-refractivity contribution < 1.29 is 24.6 Å². The number of carboxylic acid groups (broad SMARTS) is 1. The van der Waals surface area contributed by atoms with Crippen LogP contribution < -0.4 is 5.32 Å². The van der Waals surface area contributed by atoms with E-state index in [1.165, 1.54) is 0 Å². The zero-order chi connectivity index (χ0) is 20.6. The second-order valence-electron chi connectivity index (χ2n) is 7.54. The molecule has 0 bridgehead atoms. The number of nitrogens with zero attached hydrogens (tertiary/aromatic N) is 1. The van der Waals surface area contributed by atoms with Crippen LogP contribution in [0.3, 0.4) is 0 Å². The number of nitrogens with one attached hydrogen (secondary N) is 1. The molecule has 1 spiro atoms. The van der Waals surface area contributed by atoms with Crippen molar-refractivity contribution in [2.24, 2.45) is 0 Å². The zero-order valence-corrected chi connectivity index (χ0v) is 15.9. The van der Waals surface area contributed by atoms with E-state index in [0.717, 1.165) is 24.8 Å². The first-order chi connectivity index (χ1) is 14.0. The summed E-state index contributed by atoms with van der Waals surface area (Å²) in [6, 6.07) is 11.2. The van der Waals surface area contributed by atoms with Gasteiger partial charge < -0.3 is 20.1 Å². The predicted octanol–water partition coefficient (Wildman–Crippen LogP) is 3.02. The van der Waals surface area contributed by atoms with E-state index in [4.69, 9.17) is 5.11 Å². The molecular weight excluding hydrogens is 372 g/mol. The Balaban J connectivity index is 1.88. The van der Waals surface area contributed by atoms with Crippen LogP contribution in [0.1, 0.15) is 42.6 Å². The topological polar surface area (TPSA) is 109 Å². The van der Waals surface area contributed by atoms with Crippen molar-refractivity contribution in [2.75, 3.05) is 6.54 Å². The number of Topliss-reactive ketones (excluding diaryl/α,β-unsaturated/α-hetero) is 1. The number of aliphatic hydroxyl groups excluding tert-OH is 1. The summed E-state index contributed by atoms with van der Waals surface area (Å²) in [5.74, 6) is -2.92. The Morgan fingerprint density at radius 3 is 2.41 bits per heavy atom. The maximum Gasteiger partial charge on any atom is 0.322 e. The largest absolute Gasteiger partial charge is 0.509 e. The Labute approximate surface area is 167 Å². The minimum absolute atomic E-state index is 0.257. The van der Waals surface area contributed by atoms with Crippen molar-refractivity contribution in [1.29, 1.82) is 0 Å². The van der Waals surface area contributed by atoms with Gasteiger partial charge in [-0.2, -0.15) is 0 Å². The molecule has 2 aliphatic rings. The number of allylic oxidation sites excluding steroid dienone is 1. The highest BCUT2D eigenvalue weighted by molar-refractivity contribution is 6.28. The lowest BCUT2D eigenvalue weighted by molar-refractivity contribution is -0.137. The summed E-state index contributed by atoms with van der Waals surface area (Å²) in [5.41, 5.74) is 0.682. The van der Waals surface area contributed by atoms with Gasteiger partial charge >= 0.3 is 5.97 Å². The van der Waals surface area contributed by atoms with Crippen LogP contribution in [0.2, 0.25) is 0 Å². The molecule has 150 valence electrons. The first-order valence-corrected chi connectivity index (χ1v) is 9.71. The molecule has 0 atom stereocenters. The molecule has 29 heavy (non-hydrogen) atoms. The maximum atomic E-state index is 13.3. The van der Waals surface area contributed by atoms with Crippen molar-refractivity contribution >= 4 is 17.7 Å². The molecule has 7 heteroatoms. The third kappa shape index (κ3) is 3.03. The lowest BCUT2D eigenvalue weighted by Gasteiger charge is -2.42. The average molecular weight is 394 g/mol. The van der Waals surface area contributed by atoms with Gasteiger partial charge in [-0.15, -0.1) is 0 Å². The van der Waals surface area contributed by atoms with Crippen LogP contribution in [0.25, 0.3) is 11.1 Å². The lowest BCUT2D eigenvalue weighted by atomic mass is 9.75. The Morgan fingerprint density at radius 1 is 1.07 bits per heavy atom. The van der Waals surface area contributed by atoms with Gasteiger partial charge in [-0.25, -0.2) is 0 Å². The van der Waals surface area contributed by atoms with Gasteiger partial charge in [-0.3, -0.25) is 14.4 Å². The number of aliphatic hydroxyl groups is 1. The SMILES string of the molecule is O=C(O)CNC(=O)C1=C(O)C2(CCCCC2)n2ccc(-c3ccccc3)c2C1=O. The third-order valence-electron chi connectivity index (χ3n) is 5.86. The van der Waals surface area contributed by atoms with Crippen molar-refractivity contribution in [3.05, 3.63) is 59.6 Å². The monoisotopic (exact) mass is 394 g/mol. The van der Waals surface area contributed by atoms with Crippen LogP contribution >= 0.6 is 0 Å². The molecule has 3 N–H and O–H groups in total. The summed E-state index contributed by atoms with van der Waals surface area (Å²) in [6.45, 7) is -0.623. The van der Waals surface area contributed by atoms with Crippen LogP contribution in [0.15, 0.2) is 53.9 Å². The van der Waals surface area contributed by atoms with E-state index in [1.54, 1.807) is 0 Å². The number of hydrogen-bond donors (Lipinski definition) is 3. The van der Waals surface area contributed by atoms with E-state index < -0.39 is 29.7 Å². The van der Waals surface area contributed by atoms with Gasteiger partial charge in [0.1, 0.15) is 23.4 Å². The summed E-state index contributed by atoms with van der Waals surface area (Å²) < 4.78 is 1.82. The highest BCUT2D eigenvalue weighted by atomic mass is 16.4. The van der Waals surface area contributed by atoms with Crippen molar-refractivity contribution in [2.45, 2.75) is 37.6 Å². The molecule has 7 nitrogen and oxygen atoms in total. The Hall–Kier alpha value is -3.35. The van der Waals surface area contributed by atoms with Gasteiger partial charge in [0, 0.05) is 11.8 Å². The number of carbonyl (C=O) groups excluding carboxylic acids is 2. The van der Waals surface area contributed by atoms with Crippen molar-refractivity contribution in [3.8, 4) is 11.1 Å². The molecule has 1 fully saturated rings. The van der Waals surface area contributed by atoms with Crippen LogP contribution in [0.5, 0.6) is 0 Å². The normalized spacial score (nSPS) is 17.9. The molecule has 1 aliphatic carbocycles. The molecule has 1 saturated carbocycles. The van der Waals surface area contributed by atoms with Gasteiger partial charge in [-0.05, 0) is 24.5 Å². The Morgan fingerprint density at radius 2 is 1.76 bits per heavy atom. The van der Waals surface area contributed by atoms with E-state index >= 15 is 0 Å². The fourth-order valence-corrected chi connectivity index (χ4v) is 4.51. The molecule has 1 aromatic heterocycles. The summed E-state index contributed by atoms with van der Waals surface area (Å²) in [7, 11) is 0. The van der Waals surface area contributed by atoms with E-state index in [9.17, 15) is 19.5 Å². The molecule has 1 aliphatic heterocycles. The van der Waals surface area contributed by atoms with Crippen molar-refractivity contribution in [3.63, 3.8) is 0 Å². The third-order valence-corrected chi connectivity index (χ3v) is 5.86. The Kier molecular flexibility index (Phi) is 4.74. The van der Waals surface area contributed by atoms with E-state index in [0.29, 0.717) is 24.1 Å². The number of fused-ring (bicyclic) bond motifs is 2. The van der Waals surface area contributed by atoms with Crippen LogP contribution in [-0.4, -0.2) is 39.0 Å². The van der Waals surface area contributed by atoms with Gasteiger partial charge in [-0.1, -0.05) is 49.6 Å². The quantitative estimate of drug-likeness (QED) is 0.691. The van der Waals surface area contributed by atoms with E-state index in [2.05, 4.69) is 5.32 Å². The standard InChI is InChI=1S/C22H22N2O5/c25-16(26)13-23-21(29)17-19(27)18-15(14-7-3-1-4-8-14)9-12-24(18)22(20(17)28)10-5-2-6-11-22/h1,3-4,7-9,12,28H,2,5-6,10-11,13H2,(H,23,29)(H,25,26). The smallest absolute Gasteiger partial charge is 0.322 e. The number of rotatable bonds is 4. The fourth-order valence-electron chi connectivity index (χ4n) is 4.51. The molecule has 0 saturated heterocycles. The molecule has 0 radical (unpaired) electrons. The Bertz CT molecular complexity index is 1010. The number of hydrogen-bond acceptors (Lipinski definition) is 4. The number of aliphatic carboxylic acids is 1. The second kappa shape index (κ2) is 7.24. The molecule has 4 rings (SSSR count). The molecule has 1 amide bonds. The van der Waals surface area contributed by atoms with Crippen LogP contribution in [0.4, 0.5) is 0 Å². The van der Waals surface area contributed by atoms with Gasteiger partial charge in [0.05, 0.1) is 5.69 Å². The number of aromatic nitrogens is 1. The number of carboxylic acids is 1. The molecule has 1 aromatic carbocycles. The minimum Gasteiger partial charge on any atom is -0.509 e. The van der Waals surface area contributed by atoms with Gasteiger partial charge in [0.25, 0.3) is 5.91 Å². The molecule has 0 unspecified atom stereocenters. The molecular formula is C22H22N2O5. The summed E-state index contributed by atoms with van der Waals surface area (Å²) in [6.07, 6.45) is 5.77. The number of benzene rings is 1. The van der Waals surface area contributed by atoms with Crippen LogP contribution in [-0.2, 0) is 15.1 Å². The van der Waals surface area contributed by atoms with E-state index in [-0.39, 0.29) is 11.3 Å². The predicted molar refractivity (Wildman–Crippen MR) is 106 cm³/mol. The highest BCUT2D eigenvalue weighted by Crippen LogP contribution is 2.47. The minimum atomic E-state index is -1.22. The first kappa shape index (κ1) is 19.0. The van der Waals surface area contributed by atoms with Crippen LogP contribution in [0, 0.1) is 0 Å². The second-order valence-corrected chi connectivity index (χ2v) is 7.54. The zero-order valence-electron chi connectivity index (χ0n) is 15.9. The summed E-state index contributed by atoms with van der Waals surface area (Å²) in [5, 5.41) is 22.2. The molecule has 2 heterocycles. The lowest BCUT2D eigenvalue weighted by Crippen LogP contribution is -2.47. The summed E-state index contributed by atoms with van der Waals surface area (Å²) in [4.78, 5) is 36.9.